The number of hydrogen-bond donors (Lipinski definition) is 1. The average Bonchev–Trinajstić information content (AvgIpc) is 2.66. The van der Waals surface area contributed by atoms with E-state index in [-0.39, 0.29) is 15.4 Å². The molecule has 7 heteroatoms. The number of halogens is 1. The first kappa shape index (κ1) is 16.4. The number of pyridine rings is 1. The number of methoxy groups -OCH3 is 1. The Morgan fingerprint density at radius 3 is 2.54 bits per heavy atom. The second kappa shape index (κ2) is 6.03. The Kier molecular flexibility index (Phi) is 3.81. The fourth-order valence-corrected chi connectivity index (χ4v) is 3.24. The summed E-state index contributed by atoms with van der Waals surface area (Å²) < 4.78 is 11.8. The number of rotatable bonds is 2. The molecule has 2 aromatic heterocycles. The molecule has 0 saturated carbocycles. The van der Waals surface area contributed by atoms with Crippen molar-refractivity contribution in [2.75, 3.05) is 7.11 Å². The van der Waals surface area contributed by atoms with E-state index < -0.39 is 16.9 Å². The van der Waals surface area contributed by atoms with Gasteiger partial charge in [-0.25, -0.2) is 4.79 Å². The predicted octanol–water partition coefficient (Wildman–Crippen LogP) is 3.57. The fourth-order valence-electron chi connectivity index (χ4n) is 2.96. The van der Waals surface area contributed by atoms with Gasteiger partial charge in [-0.15, -0.1) is 0 Å². The van der Waals surface area contributed by atoms with Gasteiger partial charge in [0.05, 0.1) is 12.6 Å². The van der Waals surface area contributed by atoms with Gasteiger partial charge < -0.3 is 14.3 Å². The van der Waals surface area contributed by atoms with E-state index in [1.54, 1.807) is 42.5 Å². The molecule has 0 radical (unpaired) electrons. The molecular weight excluding hydrogens is 402 g/mol. The van der Waals surface area contributed by atoms with Crippen LogP contribution < -0.4 is 15.9 Å². The SMILES string of the molecule is COc1ccc2c3oc(=O)c(Br)c(O)c3c(=O)n(-c3ccccc3)c2c1. The Labute approximate surface area is 155 Å². The molecule has 0 fully saturated rings. The van der Waals surface area contributed by atoms with Gasteiger partial charge in [0.15, 0.2) is 11.3 Å². The molecule has 2 heterocycles. The van der Waals surface area contributed by atoms with Crippen LogP contribution in [0.1, 0.15) is 0 Å². The molecule has 0 aliphatic carbocycles. The summed E-state index contributed by atoms with van der Waals surface area (Å²) in [5.41, 5.74) is -0.124. The zero-order valence-electron chi connectivity index (χ0n) is 13.5. The molecule has 1 N–H and O–H groups in total. The molecule has 0 atom stereocenters. The van der Waals surface area contributed by atoms with Crippen LogP contribution in [0.25, 0.3) is 27.6 Å². The number of benzene rings is 2. The number of fused-ring (bicyclic) bond motifs is 3. The van der Waals surface area contributed by atoms with E-state index >= 15 is 0 Å². The highest BCUT2D eigenvalue weighted by Gasteiger charge is 2.21. The van der Waals surface area contributed by atoms with Gasteiger partial charge in [0.1, 0.15) is 15.6 Å². The van der Waals surface area contributed by atoms with Crippen molar-refractivity contribution in [3.8, 4) is 17.2 Å². The van der Waals surface area contributed by atoms with E-state index in [1.165, 1.54) is 11.7 Å². The summed E-state index contributed by atoms with van der Waals surface area (Å²) in [6.07, 6.45) is 0. The summed E-state index contributed by atoms with van der Waals surface area (Å²) in [5, 5.41) is 10.8. The molecular formula is C19H12BrNO5. The van der Waals surface area contributed by atoms with Gasteiger partial charge in [0, 0.05) is 17.1 Å². The van der Waals surface area contributed by atoms with E-state index in [1.807, 2.05) is 6.07 Å². The van der Waals surface area contributed by atoms with Crippen LogP contribution in [0, 0.1) is 0 Å². The lowest BCUT2D eigenvalue weighted by molar-refractivity contribution is 0.415. The molecule has 0 aliphatic heterocycles. The zero-order chi connectivity index (χ0) is 18.4. The predicted molar refractivity (Wildman–Crippen MR) is 102 cm³/mol. The molecule has 0 aliphatic rings. The van der Waals surface area contributed by atoms with Crippen molar-refractivity contribution in [3.63, 3.8) is 0 Å². The fraction of sp³-hybridized carbons (Fsp3) is 0.0526. The van der Waals surface area contributed by atoms with Crippen molar-refractivity contribution in [2.24, 2.45) is 0 Å². The van der Waals surface area contributed by atoms with Gasteiger partial charge in [-0.3, -0.25) is 9.36 Å². The van der Waals surface area contributed by atoms with Gasteiger partial charge in [-0.05, 0) is 40.2 Å². The summed E-state index contributed by atoms with van der Waals surface area (Å²) >= 11 is 2.98. The monoisotopic (exact) mass is 413 g/mol. The lowest BCUT2D eigenvalue weighted by Gasteiger charge is -2.14. The van der Waals surface area contributed by atoms with Gasteiger partial charge >= 0.3 is 5.63 Å². The summed E-state index contributed by atoms with van der Waals surface area (Å²) in [5.74, 6) is 0.105. The third-order valence-electron chi connectivity index (χ3n) is 4.17. The Bertz CT molecular complexity index is 1270. The van der Waals surface area contributed by atoms with Crippen molar-refractivity contribution < 1.29 is 14.3 Å². The van der Waals surface area contributed by atoms with Crippen LogP contribution in [0.3, 0.4) is 0 Å². The highest BCUT2D eigenvalue weighted by atomic mass is 79.9. The highest BCUT2D eigenvalue weighted by molar-refractivity contribution is 9.10. The Morgan fingerprint density at radius 2 is 1.85 bits per heavy atom. The number of aromatic nitrogens is 1. The molecule has 2 aromatic carbocycles. The van der Waals surface area contributed by atoms with Crippen molar-refractivity contribution in [2.45, 2.75) is 0 Å². The second-order valence-electron chi connectivity index (χ2n) is 5.62. The molecule has 4 rings (SSSR count). The molecule has 130 valence electrons. The first-order valence-electron chi connectivity index (χ1n) is 7.66. The number of hydrogen-bond acceptors (Lipinski definition) is 5. The molecule has 0 bridgehead atoms. The van der Waals surface area contributed by atoms with Crippen molar-refractivity contribution >= 4 is 37.8 Å². The molecule has 0 saturated heterocycles. The lowest BCUT2D eigenvalue weighted by atomic mass is 10.1. The number of ether oxygens (including phenoxy) is 1. The smallest absolute Gasteiger partial charge is 0.354 e. The minimum Gasteiger partial charge on any atom is -0.506 e. The maximum atomic E-state index is 13.2. The standard InChI is InChI=1S/C19H12BrNO5/c1-25-11-7-8-12-13(9-11)21(10-5-3-2-4-6-10)18(23)14-16(22)15(20)19(24)26-17(12)14/h2-9,22H,1H3. The normalized spacial score (nSPS) is 11.2. The summed E-state index contributed by atoms with van der Waals surface area (Å²) in [4.78, 5) is 25.2. The van der Waals surface area contributed by atoms with Crippen LogP contribution in [0.4, 0.5) is 0 Å². The molecule has 0 unspecified atom stereocenters. The van der Waals surface area contributed by atoms with E-state index in [9.17, 15) is 14.7 Å². The molecule has 26 heavy (non-hydrogen) atoms. The summed E-state index contributed by atoms with van der Waals surface area (Å²) in [7, 11) is 1.52. The number of para-hydroxylation sites is 1. The second-order valence-corrected chi connectivity index (χ2v) is 6.41. The van der Waals surface area contributed by atoms with Crippen molar-refractivity contribution in [1.29, 1.82) is 0 Å². The Hall–Kier alpha value is -3.06. The van der Waals surface area contributed by atoms with Crippen molar-refractivity contribution in [3.05, 3.63) is 73.8 Å². The van der Waals surface area contributed by atoms with E-state index in [0.717, 1.165) is 0 Å². The quantitative estimate of drug-likeness (QED) is 0.508. The van der Waals surface area contributed by atoms with Gasteiger partial charge in [-0.1, -0.05) is 18.2 Å². The molecule has 0 spiro atoms. The van der Waals surface area contributed by atoms with Crippen LogP contribution in [0.15, 0.2) is 67.0 Å². The third kappa shape index (κ3) is 2.32. The van der Waals surface area contributed by atoms with E-state index in [2.05, 4.69) is 15.9 Å². The van der Waals surface area contributed by atoms with Gasteiger partial charge in [0.2, 0.25) is 0 Å². The van der Waals surface area contributed by atoms with Crippen LogP contribution in [-0.4, -0.2) is 16.8 Å². The summed E-state index contributed by atoms with van der Waals surface area (Å²) in [6.45, 7) is 0. The number of nitrogens with zero attached hydrogens (tertiary/aromatic N) is 1. The first-order chi connectivity index (χ1) is 12.5. The van der Waals surface area contributed by atoms with Crippen LogP contribution >= 0.6 is 15.9 Å². The molecule has 0 amide bonds. The lowest BCUT2D eigenvalue weighted by Crippen LogP contribution is -2.20. The highest BCUT2D eigenvalue weighted by Crippen LogP contribution is 2.33. The van der Waals surface area contributed by atoms with Crippen LogP contribution in [0.2, 0.25) is 0 Å². The topological polar surface area (TPSA) is 81.7 Å². The number of aromatic hydroxyl groups is 1. The van der Waals surface area contributed by atoms with Crippen LogP contribution in [0.5, 0.6) is 11.5 Å². The first-order valence-corrected chi connectivity index (χ1v) is 8.45. The maximum Gasteiger partial charge on any atom is 0.354 e. The van der Waals surface area contributed by atoms with Crippen LogP contribution in [-0.2, 0) is 0 Å². The molecule has 6 nitrogen and oxygen atoms in total. The minimum absolute atomic E-state index is 0.0329. The maximum absolute atomic E-state index is 13.2. The largest absolute Gasteiger partial charge is 0.506 e. The van der Waals surface area contributed by atoms with Crippen molar-refractivity contribution in [1.82, 2.24) is 4.57 Å². The average molecular weight is 414 g/mol. The Morgan fingerprint density at radius 1 is 1.12 bits per heavy atom. The van der Waals surface area contributed by atoms with E-state index in [0.29, 0.717) is 22.3 Å². The molecule has 4 aromatic rings. The minimum atomic E-state index is -0.760. The van der Waals surface area contributed by atoms with Gasteiger partial charge in [0.25, 0.3) is 5.56 Å². The van der Waals surface area contributed by atoms with Gasteiger partial charge in [-0.2, -0.15) is 0 Å². The Balaban J connectivity index is 2.33. The summed E-state index contributed by atoms with van der Waals surface area (Å²) in [6, 6.07) is 14.1. The van der Waals surface area contributed by atoms with E-state index in [4.69, 9.17) is 9.15 Å². The third-order valence-corrected chi connectivity index (χ3v) is 4.87. The zero-order valence-corrected chi connectivity index (χ0v) is 15.1.